The maximum atomic E-state index is 12.4. The zero-order valence-corrected chi connectivity index (χ0v) is 38.1. The topological polar surface area (TPSA) is 265 Å². The normalized spacial score (nSPS) is 58.6. The monoisotopic (exact) mass is 914 g/mol. The van der Waals surface area contributed by atoms with Crippen molar-refractivity contribution < 1.29 is 88.6 Å². The number of ether oxygens (including phenoxy) is 9. The molecule has 5 saturated heterocycles. The molecule has 9 rings (SSSR count). The highest BCUT2D eigenvalue weighted by Crippen LogP contribution is 2.71. The van der Waals surface area contributed by atoms with Gasteiger partial charge in [-0.3, -0.25) is 0 Å². The summed E-state index contributed by atoms with van der Waals surface area (Å²) in [5.74, 6) is 0.639. The third-order valence-electron chi connectivity index (χ3n) is 18.1. The Labute approximate surface area is 375 Å². The molecule has 0 aromatic heterocycles. The minimum absolute atomic E-state index is 0.0136. The van der Waals surface area contributed by atoms with Crippen LogP contribution in [0.5, 0.6) is 0 Å². The summed E-state index contributed by atoms with van der Waals surface area (Å²) in [5, 5.41) is 98.4. The van der Waals surface area contributed by atoms with Crippen LogP contribution in [0.15, 0.2) is 11.6 Å². The van der Waals surface area contributed by atoms with Gasteiger partial charge >= 0.3 is 0 Å². The predicted molar refractivity (Wildman–Crippen MR) is 220 cm³/mol. The van der Waals surface area contributed by atoms with Crippen molar-refractivity contribution in [2.45, 2.75) is 215 Å². The number of rotatable bonds is 8. The Balaban J connectivity index is 0.924. The van der Waals surface area contributed by atoms with Gasteiger partial charge < -0.3 is 88.6 Å². The second-order valence-electron chi connectivity index (χ2n) is 21.4. The van der Waals surface area contributed by atoms with E-state index in [1.54, 1.807) is 7.11 Å². The zero-order valence-electron chi connectivity index (χ0n) is 38.1. The summed E-state index contributed by atoms with van der Waals surface area (Å²) in [5.41, 5.74) is 0.665. The standard InChI is InChI=1S/C46H74O18/c1-18-10-13-46(64-40(18)56-7)19(2)30-27(63-46)15-26-24-9-8-22-14-23(11-12-44(22,5)25(24)16-29(48)45(26,30)6)59-43-39(62-42-36(54)34(52)32(50)21(4)58-42)37(55)38(28(17-47)60-43)61-41-35(53)33(51)31(49)20(3)57-41/h8,18-21,23-43,47-55H,9-17H2,1-7H3/t18-,19+,20+,21+,23+,24-,25+,26+,27+,28-,29-,30+,31+,32+,33-,34-,35-,36-,37+,38+,39-,40-,41+,42+,43-,44+,45-,46+/m1/s1. The first-order valence-corrected chi connectivity index (χ1v) is 23.8. The summed E-state index contributed by atoms with van der Waals surface area (Å²) >= 11 is 0. The lowest BCUT2D eigenvalue weighted by atomic mass is 9.46. The van der Waals surface area contributed by atoms with E-state index in [1.807, 2.05) is 0 Å². The maximum absolute atomic E-state index is 12.4. The van der Waals surface area contributed by atoms with Gasteiger partial charge in [0.15, 0.2) is 30.9 Å². The van der Waals surface area contributed by atoms with Gasteiger partial charge in [0.25, 0.3) is 0 Å². The molecule has 9 N–H and O–H groups in total. The van der Waals surface area contributed by atoms with Crippen molar-refractivity contribution in [2.75, 3.05) is 13.7 Å². The summed E-state index contributed by atoms with van der Waals surface area (Å²) in [4.78, 5) is 0. The Morgan fingerprint density at radius 2 is 1.31 bits per heavy atom. The fourth-order valence-electron chi connectivity index (χ4n) is 14.2. The summed E-state index contributed by atoms with van der Waals surface area (Å²) in [6.07, 6.45) is -14.8. The molecular formula is C46H74O18. The smallest absolute Gasteiger partial charge is 0.187 e. The molecule has 28 atom stereocenters. The first-order chi connectivity index (χ1) is 30.3. The minimum Gasteiger partial charge on any atom is -0.394 e. The molecular weight excluding hydrogens is 840 g/mol. The van der Waals surface area contributed by atoms with Gasteiger partial charge in [-0.15, -0.1) is 0 Å². The van der Waals surface area contributed by atoms with Crippen LogP contribution in [-0.4, -0.2) is 182 Å². The lowest BCUT2D eigenvalue weighted by molar-refractivity contribution is -0.388. The van der Waals surface area contributed by atoms with E-state index in [4.69, 9.17) is 42.6 Å². The molecule has 0 radical (unpaired) electrons. The van der Waals surface area contributed by atoms with Crippen LogP contribution in [0, 0.1) is 46.3 Å². The van der Waals surface area contributed by atoms with Gasteiger partial charge in [-0.1, -0.05) is 39.3 Å². The third kappa shape index (κ3) is 7.60. The van der Waals surface area contributed by atoms with E-state index < -0.39 is 117 Å². The van der Waals surface area contributed by atoms with E-state index in [0.29, 0.717) is 25.2 Å². The van der Waals surface area contributed by atoms with Crippen LogP contribution in [-0.2, 0) is 42.6 Å². The van der Waals surface area contributed by atoms with Crippen molar-refractivity contribution in [3.05, 3.63) is 11.6 Å². The van der Waals surface area contributed by atoms with E-state index in [2.05, 4.69) is 33.8 Å². The lowest BCUT2D eigenvalue weighted by Crippen LogP contribution is -2.66. The van der Waals surface area contributed by atoms with Gasteiger partial charge in [0.05, 0.1) is 37.1 Å². The molecule has 18 heteroatoms. The second-order valence-corrected chi connectivity index (χ2v) is 21.4. The third-order valence-corrected chi connectivity index (χ3v) is 18.1. The van der Waals surface area contributed by atoms with Crippen molar-refractivity contribution >= 4 is 0 Å². The van der Waals surface area contributed by atoms with Gasteiger partial charge in [-0.2, -0.15) is 0 Å². The minimum atomic E-state index is -1.74. The quantitative estimate of drug-likeness (QED) is 0.147. The van der Waals surface area contributed by atoms with Gasteiger partial charge in [-0.25, -0.2) is 0 Å². The van der Waals surface area contributed by atoms with Crippen LogP contribution in [0.1, 0.15) is 92.9 Å². The largest absolute Gasteiger partial charge is 0.394 e. The van der Waals surface area contributed by atoms with E-state index in [0.717, 1.165) is 32.1 Å². The highest BCUT2D eigenvalue weighted by atomic mass is 16.8. The van der Waals surface area contributed by atoms with Crippen molar-refractivity contribution in [3.63, 3.8) is 0 Å². The molecule has 8 fully saturated rings. The summed E-state index contributed by atoms with van der Waals surface area (Å²) in [6, 6.07) is 0. The SMILES string of the molecule is CO[C@@H]1O[C@]2(CC[C@H]1C)O[C@H]1C[C@H]3[C@@H]4CC=C5C[C@@H](O[C@@H]6O[C@H](CO)[C@H](O[C@@H]7O[C@@H](C)[C@H](O)[C@@H](O)[C@H]7O)[C@H](O)[C@H]6O[C@@H]6O[C@@H](C)[C@H](O)[C@@H](O)[C@H]6O)CC[C@]5(C)[C@H]4C[C@@H](O)[C@]3(C)[C@H]1[C@@H]2C. The molecule has 1 spiro atoms. The molecule has 0 unspecified atom stereocenters. The Morgan fingerprint density at radius 1 is 0.672 bits per heavy atom. The van der Waals surface area contributed by atoms with Crippen molar-refractivity contribution in [1.82, 2.24) is 0 Å². The van der Waals surface area contributed by atoms with Crippen LogP contribution in [0.3, 0.4) is 0 Å². The van der Waals surface area contributed by atoms with Crippen molar-refractivity contribution in [3.8, 4) is 0 Å². The van der Waals surface area contributed by atoms with Crippen LogP contribution in [0.4, 0.5) is 0 Å². The molecule has 5 aliphatic heterocycles. The van der Waals surface area contributed by atoms with Crippen LogP contribution in [0.25, 0.3) is 0 Å². The van der Waals surface area contributed by atoms with E-state index in [9.17, 15) is 46.0 Å². The average molecular weight is 915 g/mol. The summed E-state index contributed by atoms with van der Waals surface area (Å²) in [7, 11) is 1.69. The first-order valence-electron chi connectivity index (χ1n) is 23.8. The molecule has 3 saturated carbocycles. The number of methoxy groups -OCH3 is 1. The fraction of sp³-hybridized carbons (Fsp3) is 0.957. The Hall–Kier alpha value is -0.980. The molecule has 0 bridgehead atoms. The molecule has 0 amide bonds. The van der Waals surface area contributed by atoms with E-state index >= 15 is 0 Å². The Bertz CT molecular complexity index is 1690. The number of hydrogen-bond donors (Lipinski definition) is 9. The Kier molecular flexibility index (Phi) is 13.3. The van der Waals surface area contributed by atoms with Gasteiger partial charge in [-0.05, 0) is 82.0 Å². The molecule has 64 heavy (non-hydrogen) atoms. The average Bonchev–Trinajstić information content (AvgIpc) is 3.72. The second kappa shape index (κ2) is 17.8. The van der Waals surface area contributed by atoms with Gasteiger partial charge in [0.2, 0.25) is 0 Å². The molecule has 9 aliphatic rings. The summed E-state index contributed by atoms with van der Waals surface area (Å²) < 4.78 is 55.9. The predicted octanol–water partition coefficient (Wildman–Crippen LogP) is 0.185. The number of fused-ring (bicyclic) bond motifs is 7. The van der Waals surface area contributed by atoms with Crippen LogP contribution < -0.4 is 0 Å². The van der Waals surface area contributed by atoms with Gasteiger partial charge in [0.1, 0.15) is 61.0 Å². The highest BCUT2D eigenvalue weighted by molar-refractivity contribution is 5.27. The molecule has 0 aromatic carbocycles. The van der Waals surface area contributed by atoms with Crippen molar-refractivity contribution in [1.29, 1.82) is 0 Å². The fourth-order valence-corrected chi connectivity index (χ4v) is 14.2. The number of aliphatic hydroxyl groups is 9. The van der Waals surface area contributed by atoms with Crippen LogP contribution >= 0.6 is 0 Å². The number of allylic oxidation sites excluding steroid dienone is 1. The molecule has 18 nitrogen and oxygen atoms in total. The lowest BCUT2D eigenvalue weighted by Gasteiger charge is -2.60. The number of aliphatic hydroxyl groups excluding tert-OH is 9. The highest BCUT2D eigenvalue weighted by Gasteiger charge is 2.71. The Morgan fingerprint density at radius 3 is 1.94 bits per heavy atom. The molecule has 4 aliphatic carbocycles. The van der Waals surface area contributed by atoms with Gasteiger partial charge in [0, 0.05) is 36.7 Å². The summed E-state index contributed by atoms with van der Waals surface area (Å²) in [6.45, 7) is 11.3. The first kappa shape index (κ1) is 48.1. The molecule has 0 aromatic rings. The van der Waals surface area contributed by atoms with Crippen LogP contribution in [0.2, 0.25) is 0 Å². The maximum Gasteiger partial charge on any atom is 0.187 e. The van der Waals surface area contributed by atoms with Crippen molar-refractivity contribution in [2.24, 2.45) is 46.3 Å². The van der Waals surface area contributed by atoms with E-state index in [1.165, 1.54) is 19.4 Å². The number of hydrogen-bond acceptors (Lipinski definition) is 18. The molecule has 5 heterocycles. The zero-order chi connectivity index (χ0) is 45.9. The van der Waals surface area contributed by atoms with E-state index in [-0.39, 0.29) is 52.8 Å². The molecule has 366 valence electrons.